The minimum atomic E-state index is 0.196. The number of halogens is 2. The second-order valence-corrected chi connectivity index (χ2v) is 4.81. The largest absolute Gasteiger partial charge is 0.328 e. The van der Waals surface area contributed by atoms with Crippen molar-refractivity contribution in [2.75, 3.05) is 0 Å². The maximum Gasteiger partial charge on any atom is 0.0452 e. The fourth-order valence-electron chi connectivity index (χ4n) is 1.67. The molecule has 2 N–H and O–H groups in total. The van der Waals surface area contributed by atoms with Gasteiger partial charge in [-0.05, 0) is 37.0 Å². The van der Waals surface area contributed by atoms with Gasteiger partial charge in [0.25, 0.3) is 0 Å². The van der Waals surface area contributed by atoms with Crippen LogP contribution in [0.15, 0.2) is 18.2 Å². The number of benzene rings is 1. The van der Waals surface area contributed by atoms with Crippen molar-refractivity contribution >= 4 is 23.2 Å². The van der Waals surface area contributed by atoms with E-state index in [-0.39, 0.29) is 6.04 Å². The molecule has 84 valence electrons. The highest BCUT2D eigenvalue weighted by molar-refractivity contribution is 6.35. The maximum atomic E-state index is 6.11. The Balaban J connectivity index is 2.79. The summed E-state index contributed by atoms with van der Waals surface area (Å²) in [4.78, 5) is 0. The molecule has 0 amide bonds. The molecule has 0 radical (unpaired) electrons. The first-order valence-electron chi connectivity index (χ1n) is 5.24. The molecule has 3 heteroatoms. The molecule has 1 aromatic rings. The predicted molar refractivity (Wildman–Crippen MR) is 67.6 cm³/mol. The van der Waals surface area contributed by atoms with Gasteiger partial charge < -0.3 is 5.73 Å². The van der Waals surface area contributed by atoms with Crippen molar-refractivity contribution in [3.05, 3.63) is 33.8 Å². The lowest BCUT2D eigenvalue weighted by Crippen LogP contribution is -2.27. The molecule has 2 atom stereocenters. The molecule has 15 heavy (non-hydrogen) atoms. The molecule has 1 nitrogen and oxygen atoms in total. The Morgan fingerprint density at radius 1 is 1.33 bits per heavy atom. The van der Waals surface area contributed by atoms with Gasteiger partial charge in [-0.3, -0.25) is 0 Å². The summed E-state index contributed by atoms with van der Waals surface area (Å²) in [7, 11) is 0. The van der Waals surface area contributed by atoms with Crippen molar-refractivity contribution in [2.24, 2.45) is 11.7 Å². The van der Waals surface area contributed by atoms with Crippen LogP contribution in [0.25, 0.3) is 0 Å². The molecular formula is C12H17Cl2N. The first kappa shape index (κ1) is 12.8. The van der Waals surface area contributed by atoms with Gasteiger partial charge in [-0.2, -0.15) is 0 Å². The molecule has 1 aromatic carbocycles. The summed E-state index contributed by atoms with van der Waals surface area (Å²) in [5, 5.41) is 1.42. The van der Waals surface area contributed by atoms with E-state index in [9.17, 15) is 0 Å². The quantitative estimate of drug-likeness (QED) is 0.856. The van der Waals surface area contributed by atoms with E-state index in [0.717, 1.165) is 23.4 Å². The SMILES string of the molecule is CCC(Cc1ccc(Cl)cc1Cl)C(C)N. The normalized spacial score (nSPS) is 15.0. The molecule has 2 unspecified atom stereocenters. The van der Waals surface area contributed by atoms with E-state index >= 15 is 0 Å². The highest BCUT2D eigenvalue weighted by atomic mass is 35.5. The van der Waals surface area contributed by atoms with E-state index in [1.54, 1.807) is 6.07 Å². The van der Waals surface area contributed by atoms with Crippen LogP contribution in [0, 0.1) is 5.92 Å². The fraction of sp³-hybridized carbons (Fsp3) is 0.500. The van der Waals surface area contributed by atoms with Crippen LogP contribution in [-0.2, 0) is 6.42 Å². The van der Waals surface area contributed by atoms with Crippen LogP contribution in [0.1, 0.15) is 25.8 Å². The zero-order valence-corrected chi connectivity index (χ0v) is 10.6. The summed E-state index contributed by atoms with van der Waals surface area (Å²) in [5.74, 6) is 0.476. The van der Waals surface area contributed by atoms with E-state index in [1.165, 1.54) is 0 Å². The van der Waals surface area contributed by atoms with Gasteiger partial charge in [0.05, 0.1) is 0 Å². The zero-order valence-electron chi connectivity index (χ0n) is 9.13. The molecule has 0 aliphatic heterocycles. The number of hydrogen-bond acceptors (Lipinski definition) is 1. The number of hydrogen-bond donors (Lipinski definition) is 1. The Morgan fingerprint density at radius 2 is 2.00 bits per heavy atom. The predicted octanol–water partition coefficient (Wildman–Crippen LogP) is 3.91. The first-order valence-corrected chi connectivity index (χ1v) is 5.99. The van der Waals surface area contributed by atoms with Crippen LogP contribution in [0.3, 0.4) is 0 Å². The Morgan fingerprint density at radius 3 is 2.47 bits per heavy atom. The van der Waals surface area contributed by atoms with Gasteiger partial charge in [0.2, 0.25) is 0 Å². The van der Waals surface area contributed by atoms with Crippen LogP contribution in [0.4, 0.5) is 0 Å². The van der Waals surface area contributed by atoms with Crippen LogP contribution < -0.4 is 5.73 Å². The van der Waals surface area contributed by atoms with Gasteiger partial charge in [0, 0.05) is 16.1 Å². The molecule has 0 saturated carbocycles. The van der Waals surface area contributed by atoms with Gasteiger partial charge in [-0.1, -0.05) is 42.6 Å². The molecule has 0 fully saturated rings. The smallest absolute Gasteiger partial charge is 0.0452 e. The van der Waals surface area contributed by atoms with E-state index in [1.807, 2.05) is 19.1 Å². The van der Waals surface area contributed by atoms with Gasteiger partial charge in [-0.25, -0.2) is 0 Å². The molecule has 0 saturated heterocycles. The van der Waals surface area contributed by atoms with Gasteiger partial charge >= 0.3 is 0 Å². The highest BCUT2D eigenvalue weighted by Crippen LogP contribution is 2.25. The van der Waals surface area contributed by atoms with E-state index in [0.29, 0.717) is 10.9 Å². The minimum absolute atomic E-state index is 0.196. The third-order valence-electron chi connectivity index (χ3n) is 2.77. The summed E-state index contributed by atoms with van der Waals surface area (Å²) >= 11 is 12.0. The molecular weight excluding hydrogens is 229 g/mol. The monoisotopic (exact) mass is 245 g/mol. The Labute approximate surface area is 102 Å². The van der Waals surface area contributed by atoms with Crippen molar-refractivity contribution in [1.82, 2.24) is 0 Å². The summed E-state index contributed by atoms with van der Waals surface area (Å²) in [6.07, 6.45) is 1.99. The Bertz CT molecular complexity index is 323. The molecule has 0 heterocycles. The average molecular weight is 246 g/mol. The van der Waals surface area contributed by atoms with Gasteiger partial charge in [-0.15, -0.1) is 0 Å². The fourth-order valence-corrected chi connectivity index (χ4v) is 2.16. The zero-order chi connectivity index (χ0) is 11.4. The molecule has 0 aliphatic carbocycles. The summed E-state index contributed by atoms with van der Waals surface area (Å²) in [6, 6.07) is 5.83. The van der Waals surface area contributed by atoms with Crippen molar-refractivity contribution in [3.63, 3.8) is 0 Å². The molecule has 1 rings (SSSR count). The molecule has 0 spiro atoms. The topological polar surface area (TPSA) is 26.0 Å². The van der Waals surface area contributed by atoms with E-state index in [4.69, 9.17) is 28.9 Å². The van der Waals surface area contributed by atoms with E-state index in [2.05, 4.69) is 6.92 Å². The number of rotatable bonds is 4. The van der Waals surface area contributed by atoms with Gasteiger partial charge in [0.15, 0.2) is 0 Å². The van der Waals surface area contributed by atoms with Crippen LogP contribution in [-0.4, -0.2) is 6.04 Å². The summed E-state index contributed by atoms with van der Waals surface area (Å²) < 4.78 is 0. The first-order chi connectivity index (χ1) is 7.04. The molecule has 0 aliphatic rings. The van der Waals surface area contributed by atoms with Crippen molar-refractivity contribution in [1.29, 1.82) is 0 Å². The second kappa shape index (κ2) is 5.74. The van der Waals surface area contributed by atoms with E-state index < -0.39 is 0 Å². The maximum absolute atomic E-state index is 6.11. The third kappa shape index (κ3) is 3.67. The second-order valence-electron chi connectivity index (χ2n) is 3.97. The lowest BCUT2D eigenvalue weighted by molar-refractivity contribution is 0.428. The average Bonchev–Trinajstić information content (AvgIpc) is 2.16. The van der Waals surface area contributed by atoms with Crippen molar-refractivity contribution < 1.29 is 0 Å². The lowest BCUT2D eigenvalue weighted by atomic mass is 9.91. The third-order valence-corrected chi connectivity index (χ3v) is 3.35. The molecule has 0 aromatic heterocycles. The Kier molecular flexibility index (Phi) is 4.91. The van der Waals surface area contributed by atoms with Gasteiger partial charge in [0.1, 0.15) is 0 Å². The van der Waals surface area contributed by atoms with Crippen molar-refractivity contribution in [2.45, 2.75) is 32.7 Å². The number of nitrogens with two attached hydrogens (primary N) is 1. The van der Waals surface area contributed by atoms with Crippen molar-refractivity contribution in [3.8, 4) is 0 Å². The Hall–Kier alpha value is -0.240. The van der Waals surface area contributed by atoms with Crippen LogP contribution in [0.5, 0.6) is 0 Å². The van der Waals surface area contributed by atoms with Crippen LogP contribution in [0.2, 0.25) is 10.0 Å². The summed E-state index contributed by atoms with van der Waals surface area (Å²) in [6.45, 7) is 4.19. The standard InChI is InChI=1S/C12H17Cl2N/c1-3-9(8(2)15)6-10-4-5-11(13)7-12(10)14/h4-5,7-9H,3,6,15H2,1-2H3. The molecule has 0 bridgehead atoms. The minimum Gasteiger partial charge on any atom is -0.328 e. The lowest BCUT2D eigenvalue weighted by Gasteiger charge is -2.19. The summed E-state index contributed by atoms with van der Waals surface area (Å²) in [5.41, 5.74) is 7.04. The highest BCUT2D eigenvalue weighted by Gasteiger charge is 2.13. The van der Waals surface area contributed by atoms with Crippen LogP contribution >= 0.6 is 23.2 Å².